The van der Waals surface area contributed by atoms with Crippen molar-refractivity contribution in [1.82, 2.24) is 10.3 Å². The number of primary amides is 1. The number of hydrogen-bond donors (Lipinski definition) is 3. The number of likely N-dealkylation sites (N-methyl/N-ethyl adjacent to an activating group) is 1. The summed E-state index contributed by atoms with van der Waals surface area (Å²) in [4.78, 5) is 31.6. The van der Waals surface area contributed by atoms with Gasteiger partial charge in [0.25, 0.3) is 5.91 Å². The van der Waals surface area contributed by atoms with Gasteiger partial charge in [-0.05, 0) is 51.3 Å². The zero-order valence-electron chi connectivity index (χ0n) is 19.8. The molecule has 2 aliphatic carbocycles. The van der Waals surface area contributed by atoms with Gasteiger partial charge in [-0.1, -0.05) is 32.1 Å². The molecule has 0 aromatic carbocycles. The van der Waals surface area contributed by atoms with Crippen molar-refractivity contribution in [1.29, 1.82) is 0 Å². The standard InChI is InChI=1S/C24H37N5O2.2ClH/c1-16-18(10-11-21(25)28-16)15-29(12-6-9-19-14-24(19,29)23(26)31)22(30)20(27-2)13-17-7-4-3-5-8-17;;/h10-11,17,19-20,27H,3-9,12-15H2,1-2H3,(H3-,25,26,28,31);2*1H/p+1/t19-,20-,24+,29?;;/m1../s1. The van der Waals surface area contributed by atoms with E-state index in [-0.39, 0.29) is 53.1 Å². The van der Waals surface area contributed by atoms with Gasteiger partial charge in [0.1, 0.15) is 18.4 Å². The zero-order chi connectivity index (χ0) is 22.2. The third-order valence-corrected chi connectivity index (χ3v) is 8.38. The number of aromatic nitrogens is 1. The summed E-state index contributed by atoms with van der Waals surface area (Å²) in [7, 11) is 1.88. The second-order valence-corrected chi connectivity index (χ2v) is 10.1. The minimum atomic E-state index is -0.773. The van der Waals surface area contributed by atoms with Gasteiger partial charge < -0.3 is 16.8 Å². The smallest absolute Gasteiger partial charge is 0.331 e. The van der Waals surface area contributed by atoms with Crippen LogP contribution < -0.4 is 16.8 Å². The van der Waals surface area contributed by atoms with Crippen LogP contribution in [-0.4, -0.2) is 46.5 Å². The number of hydrogen-bond acceptors (Lipinski definition) is 5. The average Bonchev–Trinajstić information content (AvgIpc) is 3.52. The Morgan fingerprint density at radius 1 is 1.18 bits per heavy atom. The van der Waals surface area contributed by atoms with E-state index in [1.54, 1.807) is 6.07 Å². The largest absolute Gasteiger partial charge is 0.384 e. The first-order valence-electron chi connectivity index (χ1n) is 11.9. The minimum Gasteiger partial charge on any atom is -0.384 e. The van der Waals surface area contributed by atoms with Crippen LogP contribution in [0.2, 0.25) is 0 Å². The number of amides is 2. The number of fused-ring (bicyclic) bond motifs is 1. The molecule has 0 bridgehead atoms. The molecule has 3 aliphatic rings. The van der Waals surface area contributed by atoms with Gasteiger partial charge in [0.05, 0.1) is 6.54 Å². The lowest BCUT2D eigenvalue weighted by Crippen LogP contribution is -2.71. The first-order valence-corrected chi connectivity index (χ1v) is 11.9. The third-order valence-electron chi connectivity index (χ3n) is 8.38. The summed E-state index contributed by atoms with van der Waals surface area (Å²) in [5, 5.41) is 3.32. The van der Waals surface area contributed by atoms with Gasteiger partial charge in [-0.25, -0.2) is 14.3 Å². The number of piperidine rings is 1. The molecule has 2 saturated carbocycles. The average molecular weight is 502 g/mol. The Labute approximate surface area is 209 Å². The number of anilines is 1. The van der Waals surface area contributed by atoms with Crippen LogP contribution in [0.25, 0.3) is 0 Å². The Bertz CT molecular complexity index is 863. The first-order chi connectivity index (χ1) is 14.8. The third kappa shape index (κ3) is 4.88. The summed E-state index contributed by atoms with van der Waals surface area (Å²) < 4.78 is 0.137. The number of aryl methyl sites for hydroxylation is 1. The lowest BCUT2D eigenvalue weighted by Gasteiger charge is -2.46. The van der Waals surface area contributed by atoms with E-state index in [1.807, 2.05) is 20.0 Å². The van der Waals surface area contributed by atoms with E-state index in [4.69, 9.17) is 11.5 Å². The number of quaternary nitrogens is 1. The van der Waals surface area contributed by atoms with Crippen molar-refractivity contribution in [2.45, 2.75) is 82.8 Å². The van der Waals surface area contributed by atoms with Crippen LogP contribution in [0, 0.1) is 18.8 Å². The number of pyridine rings is 1. The number of nitrogens with zero attached hydrogens (tertiary/aromatic N) is 2. The Hall–Kier alpha value is -1.41. The number of halogens is 2. The fourth-order valence-corrected chi connectivity index (χ4v) is 6.57. The Morgan fingerprint density at radius 2 is 1.88 bits per heavy atom. The van der Waals surface area contributed by atoms with E-state index < -0.39 is 5.54 Å². The Morgan fingerprint density at radius 3 is 2.48 bits per heavy atom. The van der Waals surface area contributed by atoms with E-state index in [0.29, 0.717) is 24.8 Å². The van der Waals surface area contributed by atoms with E-state index in [0.717, 1.165) is 36.9 Å². The van der Waals surface area contributed by atoms with Gasteiger partial charge in [-0.2, -0.15) is 0 Å². The van der Waals surface area contributed by atoms with Crippen LogP contribution in [0.3, 0.4) is 0 Å². The fourth-order valence-electron chi connectivity index (χ4n) is 6.57. The number of carbonyl (C=O) groups excluding carboxylic acids is 2. The molecule has 0 radical (unpaired) electrons. The molecule has 7 nitrogen and oxygen atoms in total. The topological polar surface area (TPSA) is 111 Å². The van der Waals surface area contributed by atoms with Crippen molar-refractivity contribution in [2.24, 2.45) is 17.6 Å². The monoisotopic (exact) mass is 500 g/mol. The lowest BCUT2D eigenvalue weighted by atomic mass is 9.83. The molecule has 0 spiro atoms. The zero-order valence-corrected chi connectivity index (χ0v) is 21.5. The number of likely N-dealkylation sites (tertiary alicyclic amines) is 1. The molecule has 2 amide bonds. The van der Waals surface area contributed by atoms with E-state index in [2.05, 4.69) is 10.3 Å². The van der Waals surface area contributed by atoms with Crippen LogP contribution in [0.5, 0.6) is 0 Å². The van der Waals surface area contributed by atoms with E-state index >= 15 is 0 Å². The summed E-state index contributed by atoms with van der Waals surface area (Å²) >= 11 is 0. The van der Waals surface area contributed by atoms with Crippen LogP contribution in [0.1, 0.15) is 69.0 Å². The quantitative estimate of drug-likeness (QED) is 0.497. The SMILES string of the molecule is CN[C@H](CC1CCCCC1)C(=O)[N+]1(Cc2ccc(N)nc2C)CCC[C@@H]2C[C@@]21C(N)=O.Cl.Cl. The molecule has 5 N–H and O–H groups in total. The highest BCUT2D eigenvalue weighted by atomic mass is 35.5. The number of nitrogen functional groups attached to an aromatic ring is 1. The van der Waals surface area contributed by atoms with Gasteiger partial charge in [-0.15, -0.1) is 24.8 Å². The molecular formula is C24H40Cl2N5O2+. The van der Waals surface area contributed by atoms with Gasteiger partial charge in [0.2, 0.25) is 0 Å². The van der Waals surface area contributed by atoms with Gasteiger partial charge >= 0.3 is 5.91 Å². The number of nitrogens with two attached hydrogens (primary N) is 2. The predicted molar refractivity (Wildman–Crippen MR) is 135 cm³/mol. The molecule has 1 aliphatic heterocycles. The normalized spacial score (nSPS) is 29.7. The second kappa shape index (κ2) is 10.9. The second-order valence-electron chi connectivity index (χ2n) is 10.1. The molecule has 1 aromatic rings. The van der Waals surface area contributed by atoms with Crippen LogP contribution in [-0.2, 0) is 16.1 Å². The molecule has 3 fully saturated rings. The highest BCUT2D eigenvalue weighted by Gasteiger charge is 2.76. The molecule has 33 heavy (non-hydrogen) atoms. The summed E-state index contributed by atoms with van der Waals surface area (Å²) in [6, 6.07) is 3.48. The van der Waals surface area contributed by atoms with E-state index in [1.165, 1.54) is 32.1 Å². The number of rotatable bonds is 7. The summed E-state index contributed by atoms with van der Waals surface area (Å²) in [5.41, 5.74) is 12.9. The Balaban J connectivity index is 0.00000193. The fraction of sp³-hybridized carbons (Fsp3) is 0.708. The van der Waals surface area contributed by atoms with Crippen molar-refractivity contribution < 1.29 is 14.1 Å². The minimum absolute atomic E-state index is 0. The lowest BCUT2D eigenvalue weighted by molar-refractivity contribution is -0.900. The molecule has 2 heterocycles. The predicted octanol–water partition coefficient (Wildman–Crippen LogP) is 3.26. The summed E-state index contributed by atoms with van der Waals surface area (Å²) in [6.45, 7) is 3.04. The van der Waals surface area contributed by atoms with Crippen molar-refractivity contribution in [3.8, 4) is 0 Å². The van der Waals surface area contributed by atoms with E-state index in [9.17, 15) is 9.59 Å². The molecule has 4 atom stereocenters. The first kappa shape index (κ1) is 27.8. The molecule has 9 heteroatoms. The van der Waals surface area contributed by atoms with Crippen LogP contribution >= 0.6 is 24.8 Å². The van der Waals surface area contributed by atoms with Gasteiger partial charge in [-0.3, -0.25) is 4.79 Å². The molecule has 1 unspecified atom stereocenters. The molecule has 1 aromatic heterocycles. The summed E-state index contributed by atoms with van der Waals surface area (Å²) in [5.74, 6) is 1.05. The number of carbonyl (C=O) groups is 2. The van der Waals surface area contributed by atoms with Crippen molar-refractivity contribution in [2.75, 3.05) is 19.3 Å². The van der Waals surface area contributed by atoms with Crippen molar-refractivity contribution in [3.05, 3.63) is 23.4 Å². The highest BCUT2D eigenvalue weighted by Crippen LogP contribution is 2.59. The molecule has 1 saturated heterocycles. The molecule has 186 valence electrons. The Kier molecular flexibility index (Phi) is 9.19. The summed E-state index contributed by atoms with van der Waals surface area (Å²) in [6.07, 6.45) is 9.65. The van der Waals surface area contributed by atoms with Gasteiger partial charge in [0.15, 0.2) is 5.54 Å². The maximum Gasteiger partial charge on any atom is 0.331 e. The molecular weight excluding hydrogens is 461 g/mol. The maximum absolute atomic E-state index is 14.3. The van der Waals surface area contributed by atoms with Crippen molar-refractivity contribution >= 4 is 42.4 Å². The maximum atomic E-state index is 14.3. The van der Waals surface area contributed by atoms with Crippen LogP contribution in [0.15, 0.2) is 12.1 Å². The van der Waals surface area contributed by atoms with Crippen LogP contribution in [0.4, 0.5) is 5.82 Å². The van der Waals surface area contributed by atoms with Gasteiger partial charge in [0, 0.05) is 23.6 Å². The molecule has 4 rings (SSSR count). The number of nitrogens with one attached hydrogen (secondary N) is 1. The highest BCUT2D eigenvalue weighted by molar-refractivity contribution is 5.91. The van der Waals surface area contributed by atoms with Crippen molar-refractivity contribution in [3.63, 3.8) is 0 Å².